The summed E-state index contributed by atoms with van der Waals surface area (Å²) in [5.74, 6) is -0.405. The van der Waals surface area contributed by atoms with Crippen molar-refractivity contribution in [2.45, 2.75) is 13.3 Å². The fraction of sp³-hybridized carbons (Fsp3) is 0.333. The molecule has 0 atom stereocenters. The molecule has 0 aliphatic carbocycles. The average Bonchev–Trinajstić information content (AvgIpc) is 3.15. The number of benzene rings is 2. The molecular formula is C21H23N5O3S. The minimum absolute atomic E-state index is 0.0518. The van der Waals surface area contributed by atoms with Crippen LogP contribution in [0.1, 0.15) is 22.8 Å². The first-order valence-electron chi connectivity index (χ1n) is 9.87. The Bertz CT molecular complexity index is 1110. The maximum Gasteiger partial charge on any atom is 0.293 e. The Morgan fingerprint density at radius 3 is 2.67 bits per heavy atom. The van der Waals surface area contributed by atoms with Gasteiger partial charge in [0.15, 0.2) is 5.13 Å². The number of nitro benzene ring substituents is 1. The summed E-state index contributed by atoms with van der Waals surface area (Å²) >= 11 is 1.40. The van der Waals surface area contributed by atoms with Gasteiger partial charge in [0.25, 0.3) is 11.6 Å². The van der Waals surface area contributed by atoms with Crippen molar-refractivity contribution in [2.75, 3.05) is 43.4 Å². The largest absolute Gasteiger partial charge is 0.363 e. The van der Waals surface area contributed by atoms with E-state index < -0.39 is 10.8 Å². The summed E-state index contributed by atoms with van der Waals surface area (Å²) in [6.07, 6.45) is 0.929. The first-order valence-corrected chi connectivity index (χ1v) is 10.7. The number of nitro groups is 1. The van der Waals surface area contributed by atoms with Crippen molar-refractivity contribution in [2.24, 2.45) is 0 Å². The molecule has 4 rings (SSSR count). The van der Waals surface area contributed by atoms with Gasteiger partial charge in [-0.25, -0.2) is 4.98 Å². The SMILES string of the molecule is CCc1ccc2nc(NC(=O)c3ccc(N4CCN(C)CC4)c([N+](=O)[O-])c3)sc2c1. The number of carbonyl (C=O) groups excluding carboxylic acids is 1. The maximum absolute atomic E-state index is 12.7. The van der Waals surface area contributed by atoms with E-state index in [-0.39, 0.29) is 11.3 Å². The number of nitrogens with one attached hydrogen (secondary N) is 1. The van der Waals surface area contributed by atoms with Gasteiger partial charge in [-0.15, -0.1) is 0 Å². The summed E-state index contributed by atoms with van der Waals surface area (Å²) in [7, 11) is 2.03. The van der Waals surface area contributed by atoms with Crippen LogP contribution in [-0.2, 0) is 6.42 Å². The van der Waals surface area contributed by atoms with E-state index in [4.69, 9.17) is 0 Å². The Labute approximate surface area is 178 Å². The number of anilines is 2. The zero-order valence-electron chi connectivity index (χ0n) is 16.9. The molecule has 0 spiro atoms. The van der Waals surface area contributed by atoms with Crippen molar-refractivity contribution in [3.05, 3.63) is 57.6 Å². The Hall–Kier alpha value is -3.04. The molecule has 9 heteroatoms. The van der Waals surface area contributed by atoms with Crippen LogP contribution in [0.25, 0.3) is 10.2 Å². The van der Waals surface area contributed by atoms with Crippen LogP contribution in [0.3, 0.4) is 0 Å². The number of carbonyl (C=O) groups is 1. The molecule has 0 saturated carbocycles. The second kappa shape index (κ2) is 8.37. The third-order valence-electron chi connectivity index (χ3n) is 5.36. The van der Waals surface area contributed by atoms with Gasteiger partial charge >= 0.3 is 0 Å². The van der Waals surface area contributed by atoms with E-state index in [1.807, 2.05) is 24.1 Å². The summed E-state index contributed by atoms with van der Waals surface area (Å²) in [6, 6.07) is 10.7. The average molecular weight is 426 g/mol. The molecule has 1 saturated heterocycles. The molecule has 3 aromatic rings. The van der Waals surface area contributed by atoms with Crippen LogP contribution < -0.4 is 10.2 Å². The number of likely N-dealkylation sites (N-methyl/N-ethyl adjacent to an activating group) is 1. The number of nitrogens with zero attached hydrogens (tertiary/aromatic N) is 4. The molecule has 2 heterocycles. The lowest BCUT2D eigenvalue weighted by molar-refractivity contribution is -0.384. The monoisotopic (exact) mass is 425 g/mol. The van der Waals surface area contributed by atoms with Gasteiger partial charge in [-0.2, -0.15) is 0 Å². The lowest BCUT2D eigenvalue weighted by Gasteiger charge is -2.33. The smallest absolute Gasteiger partial charge is 0.293 e. The first kappa shape index (κ1) is 20.2. The van der Waals surface area contributed by atoms with Gasteiger partial charge in [-0.1, -0.05) is 24.3 Å². The third-order valence-corrected chi connectivity index (χ3v) is 6.29. The number of aromatic nitrogens is 1. The Kier molecular flexibility index (Phi) is 5.65. The third kappa shape index (κ3) is 4.12. The van der Waals surface area contributed by atoms with Crippen LogP contribution in [0.4, 0.5) is 16.5 Å². The molecule has 30 heavy (non-hydrogen) atoms. The van der Waals surface area contributed by atoms with Gasteiger partial charge in [0, 0.05) is 37.8 Å². The van der Waals surface area contributed by atoms with Gasteiger partial charge in [-0.3, -0.25) is 20.2 Å². The van der Waals surface area contributed by atoms with Gasteiger partial charge in [-0.05, 0) is 43.3 Å². The highest BCUT2D eigenvalue weighted by Crippen LogP contribution is 2.31. The van der Waals surface area contributed by atoms with Gasteiger partial charge in [0.2, 0.25) is 0 Å². The van der Waals surface area contributed by atoms with Crippen LogP contribution in [0, 0.1) is 10.1 Å². The molecule has 1 amide bonds. The van der Waals surface area contributed by atoms with E-state index in [0.29, 0.717) is 23.9 Å². The van der Waals surface area contributed by atoms with Crippen molar-refractivity contribution in [1.82, 2.24) is 9.88 Å². The Morgan fingerprint density at radius 2 is 1.97 bits per heavy atom. The number of thiazole rings is 1. The number of hydrogen-bond acceptors (Lipinski definition) is 7. The predicted octanol–water partition coefficient (Wildman–Crippen LogP) is 3.77. The predicted molar refractivity (Wildman–Crippen MR) is 120 cm³/mol. The summed E-state index contributed by atoms with van der Waals surface area (Å²) in [5, 5.41) is 14.9. The van der Waals surface area contributed by atoms with Crippen LogP contribution >= 0.6 is 11.3 Å². The number of aryl methyl sites for hydroxylation is 1. The van der Waals surface area contributed by atoms with Crippen LogP contribution in [0.2, 0.25) is 0 Å². The van der Waals surface area contributed by atoms with E-state index in [1.54, 1.807) is 12.1 Å². The standard InChI is InChI=1S/C21H23N5O3S/c1-3-14-4-6-16-19(12-14)30-21(22-16)23-20(27)15-5-7-17(18(13-15)26(28)29)25-10-8-24(2)9-11-25/h4-7,12-13H,3,8-11H2,1-2H3,(H,22,23,27). The molecule has 1 fully saturated rings. The van der Waals surface area contributed by atoms with Gasteiger partial charge < -0.3 is 9.80 Å². The lowest BCUT2D eigenvalue weighted by Crippen LogP contribution is -2.44. The van der Waals surface area contributed by atoms with E-state index in [2.05, 4.69) is 28.2 Å². The molecule has 0 radical (unpaired) electrons. The molecule has 2 aromatic carbocycles. The minimum Gasteiger partial charge on any atom is -0.363 e. The summed E-state index contributed by atoms with van der Waals surface area (Å²) < 4.78 is 1.00. The lowest BCUT2D eigenvalue weighted by atomic mass is 10.1. The van der Waals surface area contributed by atoms with Crippen molar-refractivity contribution >= 4 is 44.0 Å². The van der Waals surface area contributed by atoms with E-state index >= 15 is 0 Å². The second-order valence-corrected chi connectivity index (χ2v) is 8.41. The highest BCUT2D eigenvalue weighted by molar-refractivity contribution is 7.22. The topological polar surface area (TPSA) is 91.6 Å². The zero-order chi connectivity index (χ0) is 21.3. The highest BCUT2D eigenvalue weighted by Gasteiger charge is 2.24. The molecule has 156 valence electrons. The van der Waals surface area contributed by atoms with Crippen molar-refractivity contribution in [3.63, 3.8) is 0 Å². The highest BCUT2D eigenvalue weighted by atomic mass is 32.1. The normalized spacial score (nSPS) is 14.8. The molecule has 1 aromatic heterocycles. The second-order valence-electron chi connectivity index (χ2n) is 7.38. The summed E-state index contributed by atoms with van der Waals surface area (Å²) in [6.45, 7) is 5.21. The summed E-state index contributed by atoms with van der Waals surface area (Å²) in [5.41, 5.74) is 2.77. The molecule has 1 aliphatic rings. The van der Waals surface area contributed by atoms with Crippen LogP contribution in [-0.4, -0.2) is 53.9 Å². The zero-order valence-corrected chi connectivity index (χ0v) is 17.7. The minimum atomic E-state index is -0.422. The van der Waals surface area contributed by atoms with Gasteiger partial charge in [0.1, 0.15) is 5.69 Å². The summed E-state index contributed by atoms with van der Waals surface area (Å²) in [4.78, 5) is 32.6. The number of rotatable bonds is 5. The number of fused-ring (bicyclic) bond motifs is 1. The number of piperazine rings is 1. The van der Waals surface area contributed by atoms with E-state index in [9.17, 15) is 14.9 Å². The van der Waals surface area contributed by atoms with E-state index in [0.717, 1.165) is 29.7 Å². The van der Waals surface area contributed by atoms with Crippen LogP contribution in [0.15, 0.2) is 36.4 Å². The Balaban J connectivity index is 1.56. The van der Waals surface area contributed by atoms with Crippen molar-refractivity contribution in [3.8, 4) is 0 Å². The molecule has 0 unspecified atom stereocenters. The molecule has 1 aliphatic heterocycles. The fourth-order valence-corrected chi connectivity index (χ4v) is 4.46. The molecule has 0 bridgehead atoms. The van der Waals surface area contributed by atoms with Crippen LogP contribution in [0.5, 0.6) is 0 Å². The molecule has 1 N–H and O–H groups in total. The molecular weight excluding hydrogens is 402 g/mol. The van der Waals surface area contributed by atoms with Crippen molar-refractivity contribution < 1.29 is 9.72 Å². The molecule has 8 nitrogen and oxygen atoms in total. The van der Waals surface area contributed by atoms with Gasteiger partial charge in [0.05, 0.1) is 15.1 Å². The number of amides is 1. The fourth-order valence-electron chi connectivity index (χ4n) is 3.54. The number of hydrogen-bond donors (Lipinski definition) is 1. The first-order chi connectivity index (χ1) is 14.4. The maximum atomic E-state index is 12.7. The van der Waals surface area contributed by atoms with E-state index in [1.165, 1.54) is 23.0 Å². The Morgan fingerprint density at radius 1 is 1.20 bits per heavy atom. The van der Waals surface area contributed by atoms with Crippen molar-refractivity contribution in [1.29, 1.82) is 0 Å². The quantitative estimate of drug-likeness (QED) is 0.494.